The predicted molar refractivity (Wildman–Crippen MR) is 61.0 cm³/mol. The van der Waals surface area contributed by atoms with Crippen LogP contribution in [-0.4, -0.2) is 68.7 Å². The fourth-order valence-corrected chi connectivity index (χ4v) is 2.44. The summed E-state index contributed by atoms with van der Waals surface area (Å²) in [6, 6.07) is 0.335. The first-order chi connectivity index (χ1) is 7.59. The molecule has 0 aliphatic carbocycles. The van der Waals surface area contributed by atoms with E-state index in [2.05, 4.69) is 11.9 Å². The van der Waals surface area contributed by atoms with Crippen molar-refractivity contribution in [2.75, 3.05) is 46.9 Å². The van der Waals surface area contributed by atoms with Gasteiger partial charge in [0.15, 0.2) is 0 Å². The molecule has 2 N–H and O–H groups in total. The van der Waals surface area contributed by atoms with Gasteiger partial charge in [-0.15, -0.1) is 0 Å². The Labute approximate surface area is 96.5 Å². The molecule has 1 unspecified atom stereocenters. The van der Waals surface area contributed by atoms with E-state index in [1.165, 1.54) is 0 Å². The van der Waals surface area contributed by atoms with Gasteiger partial charge in [-0.1, -0.05) is 0 Å². The number of carbonyl (C=O) groups excluding carboxylic acids is 1. The minimum absolute atomic E-state index is 0.154. The van der Waals surface area contributed by atoms with Crippen molar-refractivity contribution in [2.24, 2.45) is 11.1 Å². The number of ether oxygens (including phenoxy) is 1. The third-order valence-corrected chi connectivity index (χ3v) is 3.84. The quantitative estimate of drug-likeness (QED) is 0.680. The van der Waals surface area contributed by atoms with E-state index in [1.807, 2.05) is 11.9 Å². The molecule has 5 heteroatoms. The number of hydrogen-bond acceptors (Lipinski definition) is 4. The monoisotopic (exact) mass is 227 g/mol. The summed E-state index contributed by atoms with van der Waals surface area (Å²) in [6.07, 6.45) is 1.06. The van der Waals surface area contributed by atoms with Crippen LogP contribution in [0.15, 0.2) is 0 Å². The van der Waals surface area contributed by atoms with Crippen molar-refractivity contribution >= 4 is 5.91 Å². The molecule has 2 saturated heterocycles. The first-order valence-corrected chi connectivity index (χ1v) is 5.83. The summed E-state index contributed by atoms with van der Waals surface area (Å²) in [5.41, 5.74) is 5.26. The molecule has 2 aliphatic rings. The molecule has 2 aliphatic heterocycles. The number of nitrogens with two attached hydrogens (primary N) is 1. The first-order valence-electron chi connectivity index (χ1n) is 5.83. The molecule has 92 valence electrons. The first kappa shape index (κ1) is 11.8. The minimum Gasteiger partial charge on any atom is -0.379 e. The van der Waals surface area contributed by atoms with Crippen LogP contribution >= 0.6 is 0 Å². The summed E-state index contributed by atoms with van der Waals surface area (Å²) in [4.78, 5) is 16.4. The van der Waals surface area contributed by atoms with Gasteiger partial charge in [0.05, 0.1) is 13.2 Å². The third kappa shape index (κ3) is 1.83. The Kier molecular flexibility index (Phi) is 3.19. The molecule has 0 radical (unpaired) electrons. The SMILES string of the molecule is CN1CCC(N(C)C(=O)C2(CN)COC2)C1. The summed E-state index contributed by atoms with van der Waals surface area (Å²) in [5, 5.41) is 0. The van der Waals surface area contributed by atoms with E-state index in [-0.39, 0.29) is 5.91 Å². The lowest BCUT2D eigenvalue weighted by Crippen LogP contribution is -2.60. The highest BCUT2D eigenvalue weighted by Gasteiger charge is 2.47. The van der Waals surface area contributed by atoms with Gasteiger partial charge in [-0.25, -0.2) is 0 Å². The Balaban J connectivity index is 1.98. The van der Waals surface area contributed by atoms with Gasteiger partial charge in [-0.2, -0.15) is 0 Å². The second-order valence-corrected chi connectivity index (χ2v) is 5.10. The van der Waals surface area contributed by atoms with Crippen LogP contribution in [0.3, 0.4) is 0 Å². The zero-order valence-electron chi connectivity index (χ0n) is 10.1. The fourth-order valence-electron chi connectivity index (χ4n) is 2.44. The highest BCUT2D eigenvalue weighted by atomic mass is 16.5. The maximum atomic E-state index is 12.3. The lowest BCUT2D eigenvalue weighted by molar-refractivity contribution is -0.170. The van der Waals surface area contributed by atoms with Crippen LogP contribution in [-0.2, 0) is 9.53 Å². The normalized spacial score (nSPS) is 28.8. The molecule has 1 amide bonds. The van der Waals surface area contributed by atoms with Gasteiger partial charge in [-0.05, 0) is 20.0 Å². The van der Waals surface area contributed by atoms with E-state index in [1.54, 1.807) is 0 Å². The Morgan fingerprint density at radius 1 is 1.62 bits per heavy atom. The number of likely N-dealkylation sites (N-methyl/N-ethyl adjacent to an activating group) is 2. The van der Waals surface area contributed by atoms with Crippen LogP contribution in [0.1, 0.15) is 6.42 Å². The highest BCUT2D eigenvalue weighted by molar-refractivity contribution is 5.84. The van der Waals surface area contributed by atoms with Crippen molar-refractivity contribution < 1.29 is 9.53 Å². The summed E-state index contributed by atoms with van der Waals surface area (Å²) in [5.74, 6) is 0.154. The molecule has 0 aromatic rings. The van der Waals surface area contributed by atoms with E-state index in [0.29, 0.717) is 25.8 Å². The number of likely N-dealkylation sites (tertiary alicyclic amines) is 1. The number of carbonyl (C=O) groups is 1. The average Bonchev–Trinajstić information content (AvgIpc) is 2.63. The molecule has 1 atom stereocenters. The van der Waals surface area contributed by atoms with Crippen molar-refractivity contribution in [3.05, 3.63) is 0 Å². The Morgan fingerprint density at radius 2 is 2.31 bits per heavy atom. The molecule has 2 fully saturated rings. The standard InChI is InChI=1S/C11H21N3O2/c1-13-4-3-9(5-13)14(2)10(15)11(6-12)7-16-8-11/h9H,3-8,12H2,1-2H3. The molecule has 0 saturated carbocycles. The van der Waals surface area contributed by atoms with Crippen LogP contribution in [0.5, 0.6) is 0 Å². The van der Waals surface area contributed by atoms with E-state index < -0.39 is 5.41 Å². The lowest BCUT2D eigenvalue weighted by atomic mass is 9.84. The van der Waals surface area contributed by atoms with Crippen LogP contribution in [0.25, 0.3) is 0 Å². The molecule has 0 aromatic heterocycles. The second-order valence-electron chi connectivity index (χ2n) is 5.10. The third-order valence-electron chi connectivity index (χ3n) is 3.84. The van der Waals surface area contributed by atoms with Crippen molar-refractivity contribution in [3.63, 3.8) is 0 Å². The van der Waals surface area contributed by atoms with Gasteiger partial charge in [0.25, 0.3) is 0 Å². The van der Waals surface area contributed by atoms with Crippen molar-refractivity contribution in [1.29, 1.82) is 0 Å². The van der Waals surface area contributed by atoms with Crippen molar-refractivity contribution in [3.8, 4) is 0 Å². The smallest absolute Gasteiger partial charge is 0.234 e. The number of amides is 1. The number of hydrogen-bond donors (Lipinski definition) is 1. The van der Waals surface area contributed by atoms with Gasteiger partial charge in [0, 0.05) is 26.2 Å². The number of nitrogens with zero attached hydrogens (tertiary/aromatic N) is 2. The maximum Gasteiger partial charge on any atom is 0.234 e. The Bertz CT molecular complexity index is 273. The van der Waals surface area contributed by atoms with Gasteiger partial charge in [0.1, 0.15) is 5.41 Å². The van der Waals surface area contributed by atoms with Gasteiger partial charge < -0.3 is 20.3 Å². The van der Waals surface area contributed by atoms with E-state index in [9.17, 15) is 4.79 Å². The fraction of sp³-hybridized carbons (Fsp3) is 0.909. The van der Waals surface area contributed by atoms with Crippen LogP contribution in [0.4, 0.5) is 0 Å². The zero-order valence-corrected chi connectivity index (χ0v) is 10.1. The van der Waals surface area contributed by atoms with Gasteiger partial charge in [-0.3, -0.25) is 4.79 Å². The van der Waals surface area contributed by atoms with Gasteiger partial charge in [0.2, 0.25) is 5.91 Å². The Hall–Kier alpha value is -0.650. The minimum atomic E-state index is -0.435. The van der Waals surface area contributed by atoms with Crippen LogP contribution in [0.2, 0.25) is 0 Å². The molecule has 16 heavy (non-hydrogen) atoms. The van der Waals surface area contributed by atoms with E-state index in [0.717, 1.165) is 19.5 Å². The largest absolute Gasteiger partial charge is 0.379 e. The summed E-state index contributed by atoms with van der Waals surface area (Å²) < 4.78 is 5.15. The second kappa shape index (κ2) is 4.31. The summed E-state index contributed by atoms with van der Waals surface area (Å²) in [6.45, 7) is 3.38. The molecule has 2 rings (SSSR count). The molecule has 5 nitrogen and oxygen atoms in total. The highest BCUT2D eigenvalue weighted by Crippen LogP contribution is 2.30. The Morgan fingerprint density at radius 3 is 2.69 bits per heavy atom. The van der Waals surface area contributed by atoms with Crippen LogP contribution < -0.4 is 5.73 Å². The predicted octanol–water partition coefficient (Wildman–Crippen LogP) is -0.876. The topological polar surface area (TPSA) is 58.8 Å². The molecule has 0 aromatic carbocycles. The van der Waals surface area contributed by atoms with Crippen LogP contribution in [0, 0.1) is 5.41 Å². The summed E-state index contributed by atoms with van der Waals surface area (Å²) >= 11 is 0. The average molecular weight is 227 g/mol. The lowest BCUT2D eigenvalue weighted by Gasteiger charge is -2.42. The van der Waals surface area contributed by atoms with Crippen molar-refractivity contribution in [2.45, 2.75) is 12.5 Å². The van der Waals surface area contributed by atoms with Gasteiger partial charge >= 0.3 is 0 Å². The van der Waals surface area contributed by atoms with E-state index in [4.69, 9.17) is 10.5 Å². The zero-order chi connectivity index (χ0) is 11.8. The maximum absolute atomic E-state index is 12.3. The molecular formula is C11H21N3O2. The molecule has 2 heterocycles. The molecule has 0 spiro atoms. The van der Waals surface area contributed by atoms with E-state index >= 15 is 0 Å². The molecule has 0 bridgehead atoms. The number of rotatable bonds is 3. The van der Waals surface area contributed by atoms with Crippen molar-refractivity contribution in [1.82, 2.24) is 9.80 Å². The summed E-state index contributed by atoms with van der Waals surface area (Å²) in [7, 11) is 3.98. The molecular weight excluding hydrogens is 206 g/mol.